The summed E-state index contributed by atoms with van der Waals surface area (Å²) in [5, 5.41) is 12.0. The summed E-state index contributed by atoms with van der Waals surface area (Å²) in [7, 11) is -5.79. The number of halogens is 3. The fourth-order valence-electron chi connectivity index (χ4n) is 2.02. The third-order valence-corrected chi connectivity index (χ3v) is 6.09. The molecule has 0 saturated heterocycles. The second-order valence-electron chi connectivity index (χ2n) is 4.60. The molecule has 0 spiro atoms. The Hall–Kier alpha value is -1.45. The normalized spacial score (nSPS) is 12.1. The Bertz CT molecular complexity index is 785. The van der Waals surface area contributed by atoms with E-state index in [1.165, 1.54) is 21.8 Å². The van der Waals surface area contributed by atoms with E-state index in [0.717, 1.165) is 5.39 Å². The fourth-order valence-corrected chi connectivity index (χ4v) is 3.80. The van der Waals surface area contributed by atoms with Gasteiger partial charge in [-0.25, -0.2) is 8.42 Å². The van der Waals surface area contributed by atoms with Gasteiger partial charge in [0, 0.05) is 21.7 Å². The molecule has 0 aliphatic rings. The van der Waals surface area contributed by atoms with Crippen LogP contribution in [0, 0.1) is 0 Å². The first-order valence-electron chi connectivity index (χ1n) is 6.93. The minimum atomic E-state index is -6.09. The van der Waals surface area contributed by atoms with E-state index in [-0.39, 0.29) is 0 Å². The predicted octanol–water partition coefficient (Wildman–Crippen LogP) is 3.61. The molecule has 1 N–H and O–H groups in total. The molecule has 4 nitrogen and oxygen atoms in total. The second kappa shape index (κ2) is 8.09. The van der Waals surface area contributed by atoms with Crippen LogP contribution >= 0.6 is 0 Å². The molecule has 2 aromatic rings. The Kier molecular flexibility index (Phi) is 6.94. The van der Waals surface area contributed by atoms with E-state index in [2.05, 4.69) is 26.0 Å². The van der Waals surface area contributed by atoms with Gasteiger partial charge in [0.25, 0.3) is 0 Å². The van der Waals surface area contributed by atoms with Crippen LogP contribution in [0.5, 0.6) is 5.75 Å². The van der Waals surface area contributed by atoms with Crippen molar-refractivity contribution in [2.45, 2.75) is 24.3 Å². The Morgan fingerprint density at radius 1 is 1.04 bits per heavy atom. The van der Waals surface area contributed by atoms with Gasteiger partial charge in [0.15, 0.2) is 15.0 Å². The van der Waals surface area contributed by atoms with Gasteiger partial charge >= 0.3 is 5.51 Å². The topological polar surface area (TPSA) is 77.4 Å². The lowest BCUT2D eigenvalue weighted by Crippen LogP contribution is -2.21. The van der Waals surface area contributed by atoms with Crippen LogP contribution in [0.2, 0.25) is 0 Å². The van der Waals surface area contributed by atoms with Crippen LogP contribution in [0.4, 0.5) is 13.2 Å². The van der Waals surface area contributed by atoms with Crippen LogP contribution in [0.15, 0.2) is 41.3 Å². The van der Waals surface area contributed by atoms with Crippen LogP contribution in [0.1, 0.15) is 13.8 Å². The molecule has 0 aliphatic heterocycles. The number of benzene rings is 2. The molecule has 0 fully saturated rings. The molecule has 9 heteroatoms. The molecule has 0 aromatic heterocycles. The van der Waals surface area contributed by atoms with Crippen molar-refractivity contribution in [1.29, 1.82) is 0 Å². The van der Waals surface area contributed by atoms with E-state index in [0.29, 0.717) is 16.6 Å². The maximum Gasteiger partial charge on any atom is 0.485 e. The van der Waals surface area contributed by atoms with E-state index in [9.17, 15) is 18.3 Å². The molecule has 0 amide bonds. The molecule has 0 radical (unpaired) electrons. The van der Waals surface area contributed by atoms with Crippen LogP contribution in [0.25, 0.3) is 10.8 Å². The zero-order valence-electron chi connectivity index (χ0n) is 13.0. The summed E-state index contributed by atoms with van der Waals surface area (Å²) in [5.74, 6) is 2.73. The Morgan fingerprint density at radius 2 is 1.50 bits per heavy atom. The zero-order chi connectivity index (χ0) is 18.5. The third-order valence-electron chi connectivity index (χ3n) is 3.15. The van der Waals surface area contributed by atoms with E-state index in [1.807, 2.05) is 24.3 Å². The van der Waals surface area contributed by atoms with Gasteiger partial charge < -0.3 is 9.66 Å². The summed E-state index contributed by atoms with van der Waals surface area (Å²) in [4.78, 5) is 1.39. The van der Waals surface area contributed by atoms with Gasteiger partial charge in [-0.2, -0.15) is 13.2 Å². The van der Waals surface area contributed by atoms with Crippen molar-refractivity contribution in [1.82, 2.24) is 0 Å². The fraction of sp³-hybridized carbons (Fsp3) is 0.333. The predicted molar refractivity (Wildman–Crippen MR) is 88.1 cm³/mol. The summed E-state index contributed by atoms with van der Waals surface area (Å²) in [6.07, 6.45) is 0. The largest absolute Gasteiger partial charge is 0.741 e. The van der Waals surface area contributed by atoms with Gasteiger partial charge in [0.1, 0.15) is 17.3 Å². The molecule has 0 saturated carbocycles. The summed E-state index contributed by atoms with van der Waals surface area (Å²) in [5.41, 5.74) is -5.65. The zero-order valence-corrected chi connectivity index (χ0v) is 14.6. The average Bonchev–Trinajstić information content (AvgIpc) is 2.49. The summed E-state index contributed by atoms with van der Waals surface area (Å²) in [6, 6.07) is 12.0. The monoisotopic (exact) mass is 382 g/mol. The molecule has 0 atom stereocenters. The van der Waals surface area contributed by atoms with Crippen LogP contribution in [-0.4, -0.2) is 35.1 Å². The van der Waals surface area contributed by atoms with Crippen molar-refractivity contribution < 1.29 is 31.2 Å². The highest BCUT2D eigenvalue weighted by atomic mass is 32.2. The highest BCUT2D eigenvalue weighted by Gasteiger charge is 2.36. The van der Waals surface area contributed by atoms with Gasteiger partial charge in [-0.05, 0) is 32.0 Å². The first-order chi connectivity index (χ1) is 11.0. The van der Waals surface area contributed by atoms with Gasteiger partial charge in [0.2, 0.25) is 0 Å². The Morgan fingerprint density at radius 3 is 1.92 bits per heavy atom. The number of alkyl halides is 3. The lowest BCUT2D eigenvalue weighted by molar-refractivity contribution is -0.0517. The first-order valence-corrected chi connectivity index (χ1v) is 9.90. The molecular formula is C15H17F3O4S2. The first kappa shape index (κ1) is 20.6. The number of aromatic hydroxyl groups is 1. The molecule has 134 valence electrons. The smallest absolute Gasteiger partial charge is 0.485 e. The lowest BCUT2D eigenvalue weighted by atomic mass is 10.1. The highest BCUT2D eigenvalue weighted by Crippen LogP contribution is 2.31. The minimum absolute atomic E-state index is 0.304. The number of phenolic OH excluding ortho intramolecular Hbond substituents is 1. The maximum atomic E-state index is 10.7. The minimum Gasteiger partial charge on any atom is -0.741 e. The van der Waals surface area contributed by atoms with E-state index in [1.54, 1.807) is 0 Å². The molecule has 0 aliphatic carbocycles. The number of hydrogen-bond acceptors (Lipinski definition) is 4. The summed E-state index contributed by atoms with van der Waals surface area (Å²) < 4.78 is 58.9. The molecule has 0 unspecified atom stereocenters. The highest BCUT2D eigenvalue weighted by molar-refractivity contribution is 7.97. The lowest BCUT2D eigenvalue weighted by Gasteiger charge is -2.08. The van der Waals surface area contributed by atoms with Crippen molar-refractivity contribution in [3.8, 4) is 5.75 Å². The van der Waals surface area contributed by atoms with E-state index < -0.39 is 15.6 Å². The van der Waals surface area contributed by atoms with E-state index in [4.69, 9.17) is 13.0 Å². The molecule has 0 heterocycles. The van der Waals surface area contributed by atoms with Crippen LogP contribution < -0.4 is 0 Å². The van der Waals surface area contributed by atoms with Crippen molar-refractivity contribution in [2.24, 2.45) is 0 Å². The van der Waals surface area contributed by atoms with Gasteiger partial charge in [0.05, 0.1) is 0 Å². The SMILES string of the molecule is CC[S+](CC)c1ccc(O)c2ccccc12.O=S(=O)([O-])C(F)(F)F. The third kappa shape index (κ3) is 5.02. The Balaban J connectivity index is 0.000000307. The number of fused-ring (bicyclic) bond motifs is 1. The number of hydrogen-bond donors (Lipinski definition) is 1. The molecular weight excluding hydrogens is 365 g/mol. The molecule has 24 heavy (non-hydrogen) atoms. The summed E-state index contributed by atoms with van der Waals surface area (Å²) in [6.45, 7) is 4.46. The Labute approximate surface area is 141 Å². The van der Waals surface area contributed by atoms with E-state index >= 15 is 0 Å². The van der Waals surface area contributed by atoms with Crippen LogP contribution in [0.3, 0.4) is 0 Å². The van der Waals surface area contributed by atoms with Crippen molar-refractivity contribution >= 4 is 31.8 Å². The van der Waals surface area contributed by atoms with Crippen molar-refractivity contribution in [2.75, 3.05) is 11.5 Å². The second-order valence-corrected chi connectivity index (χ2v) is 8.55. The average molecular weight is 382 g/mol. The molecule has 2 rings (SSSR count). The molecule has 2 aromatic carbocycles. The number of rotatable bonds is 3. The van der Waals surface area contributed by atoms with Gasteiger partial charge in [-0.15, -0.1) is 0 Å². The maximum absolute atomic E-state index is 10.7. The van der Waals surface area contributed by atoms with Gasteiger partial charge in [-0.1, -0.05) is 18.2 Å². The van der Waals surface area contributed by atoms with Crippen molar-refractivity contribution in [3.05, 3.63) is 36.4 Å². The quantitative estimate of drug-likeness (QED) is 0.500. The summed E-state index contributed by atoms with van der Waals surface area (Å²) >= 11 is 0. The van der Waals surface area contributed by atoms with Gasteiger partial charge in [-0.3, -0.25) is 0 Å². The molecule has 0 bridgehead atoms. The van der Waals surface area contributed by atoms with Crippen molar-refractivity contribution in [3.63, 3.8) is 0 Å². The number of phenols is 1. The standard InChI is InChI=1S/C14H16OS.CHF3O3S/c1-3-16(4-2)14-10-9-13(15)11-7-5-6-8-12(11)14;2-1(3,4)8(5,6)7/h5-10H,3-4H2,1-2H3;(H,5,6,7). The van der Waals surface area contributed by atoms with Crippen LogP contribution in [-0.2, 0) is 21.0 Å².